The Morgan fingerprint density at radius 2 is 1.59 bits per heavy atom. The molecule has 0 atom stereocenters. The van der Waals surface area contributed by atoms with Gasteiger partial charge >= 0.3 is 0 Å². The van der Waals surface area contributed by atoms with Crippen molar-refractivity contribution in [3.05, 3.63) is 107 Å². The van der Waals surface area contributed by atoms with Crippen molar-refractivity contribution in [3.8, 4) is 0 Å². The Morgan fingerprint density at radius 3 is 2.26 bits per heavy atom. The van der Waals surface area contributed by atoms with Crippen LogP contribution in [0.15, 0.2) is 90.0 Å². The van der Waals surface area contributed by atoms with Crippen molar-refractivity contribution in [1.82, 2.24) is 9.78 Å². The Labute approximate surface area is 199 Å². The third kappa shape index (κ3) is 5.02. The quantitative estimate of drug-likeness (QED) is 0.423. The summed E-state index contributed by atoms with van der Waals surface area (Å²) in [4.78, 5) is 13.0. The van der Waals surface area contributed by atoms with Gasteiger partial charge in [-0.2, -0.15) is 5.10 Å². The molecule has 4 aromatic rings. The second kappa shape index (κ2) is 9.52. The van der Waals surface area contributed by atoms with Crippen molar-refractivity contribution in [3.63, 3.8) is 0 Å². The number of aryl methyl sites for hydroxylation is 2. The van der Waals surface area contributed by atoms with E-state index in [0.717, 1.165) is 11.1 Å². The number of anilines is 2. The average molecular weight is 475 g/mol. The molecule has 3 aromatic carbocycles. The summed E-state index contributed by atoms with van der Waals surface area (Å²) in [6.45, 7) is 4.46. The van der Waals surface area contributed by atoms with Gasteiger partial charge in [0.05, 0.1) is 23.3 Å². The first-order valence-electron chi connectivity index (χ1n) is 10.8. The van der Waals surface area contributed by atoms with Crippen LogP contribution in [0.25, 0.3) is 0 Å². The highest BCUT2D eigenvalue weighted by Gasteiger charge is 2.22. The highest BCUT2D eigenvalue weighted by Crippen LogP contribution is 2.23. The maximum absolute atomic E-state index is 13.2. The number of nitrogens with zero attached hydrogens (tertiary/aromatic N) is 3. The minimum atomic E-state index is -3.84. The van der Waals surface area contributed by atoms with Crippen molar-refractivity contribution >= 4 is 27.4 Å². The lowest BCUT2D eigenvalue weighted by Crippen LogP contribution is -2.27. The molecule has 1 heterocycles. The summed E-state index contributed by atoms with van der Waals surface area (Å²) in [6, 6.07) is 23.0. The first kappa shape index (κ1) is 23.3. The maximum Gasteiger partial charge on any atom is 0.264 e. The summed E-state index contributed by atoms with van der Waals surface area (Å²) in [5, 5.41) is 7.14. The molecule has 1 amide bonds. The largest absolute Gasteiger partial charge is 0.307 e. The molecule has 34 heavy (non-hydrogen) atoms. The van der Waals surface area contributed by atoms with Gasteiger partial charge in [-0.05, 0) is 49.7 Å². The molecule has 7 nitrogen and oxygen atoms in total. The molecule has 0 bridgehead atoms. The second-order valence-electron chi connectivity index (χ2n) is 8.15. The lowest BCUT2D eigenvalue weighted by Gasteiger charge is -2.20. The molecular weight excluding hydrogens is 448 g/mol. The Hall–Kier alpha value is -3.91. The fourth-order valence-corrected chi connectivity index (χ4v) is 4.71. The van der Waals surface area contributed by atoms with E-state index >= 15 is 0 Å². The Bertz CT molecular complexity index is 1410. The highest BCUT2D eigenvalue weighted by molar-refractivity contribution is 7.92. The van der Waals surface area contributed by atoms with Crippen molar-refractivity contribution in [2.24, 2.45) is 0 Å². The van der Waals surface area contributed by atoms with Gasteiger partial charge in [-0.25, -0.2) is 13.1 Å². The number of aromatic nitrogens is 2. The van der Waals surface area contributed by atoms with E-state index in [1.807, 2.05) is 50.2 Å². The van der Waals surface area contributed by atoms with E-state index in [1.54, 1.807) is 41.2 Å². The highest BCUT2D eigenvalue weighted by atomic mass is 32.2. The van der Waals surface area contributed by atoms with Gasteiger partial charge in [0.15, 0.2) is 0 Å². The predicted molar refractivity (Wildman–Crippen MR) is 134 cm³/mol. The first-order chi connectivity index (χ1) is 16.2. The van der Waals surface area contributed by atoms with E-state index in [0.29, 0.717) is 18.1 Å². The maximum atomic E-state index is 13.2. The molecule has 0 aliphatic heterocycles. The predicted octanol–water partition coefficient (Wildman–Crippen LogP) is 4.63. The molecule has 0 aliphatic rings. The summed E-state index contributed by atoms with van der Waals surface area (Å²) in [7, 11) is -2.34. The van der Waals surface area contributed by atoms with Gasteiger partial charge in [0, 0.05) is 18.7 Å². The Kier molecular flexibility index (Phi) is 6.51. The smallest absolute Gasteiger partial charge is 0.264 e. The van der Waals surface area contributed by atoms with Gasteiger partial charge < -0.3 is 5.32 Å². The van der Waals surface area contributed by atoms with Crippen molar-refractivity contribution in [2.45, 2.75) is 25.3 Å². The molecule has 1 aromatic heterocycles. The lowest BCUT2D eigenvalue weighted by atomic mass is 10.1. The Morgan fingerprint density at radius 1 is 0.941 bits per heavy atom. The van der Waals surface area contributed by atoms with Crippen LogP contribution in [-0.2, 0) is 16.6 Å². The van der Waals surface area contributed by atoms with Crippen LogP contribution in [0.3, 0.4) is 0 Å². The van der Waals surface area contributed by atoms with Crippen LogP contribution in [0.5, 0.6) is 0 Å². The van der Waals surface area contributed by atoms with Crippen LogP contribution in [0.4, 0.5) is 11.5 Å². The molecule has 0 unspecified atom stereocenters. The van der Waals surface area contributed by atoms with Crippen LogP contribution >= 0.6 is 0 Å². The lowest BCUT2D eigenvalue weighted by molar-refractivity contribution is 0.102. The van der Waals surface area contributed by atoms with Gasteiger partial charge in [-0.1, -0.05) is 53.6 Å². The topological polar surface area (TPSA) is 84.3 Å². The summed E-state index contributed by atoms with van der Waals surface area (Å²) in [5.74, 6) is 0.108. The molecule has 0 radical (unpaired) electrons. The zero-order chi connectivity index (χ0) is 24.3. The van der Waals surface area contributed by atoms with E-state index in [-0.39, 0.29) is 10.5 Å². The van der Waals surface area contributed by atoms with Gasteiger partial charge in [0.1, 0.15) is 5.82 Å². The number of amides is 1. The van der Waals surface area contributed by atoms with Crippen LogP contribution in [-0.4, -0.2) is 31.2 Å². The second-order valence-corrected chi connectivity index (χ2v) is 10.1. The van der Waals surface area contributed by atoms with Crippen molar-refractivity contribution in [2.75, 3.05) is 16.7 Å². The normalized spacial score (nSPS) is 11.3. The fraction of sp³-hybridized carbons (Fsp3) is 0.154. The number of nitrogens with one attached hydrogen (secondary N) is 1. The first-order valence-corrected chi connectivity index (χ1v) is 12.2. The van der Waals surface area contributed by atoms with E-state index in [2.05, 4.69) is 10.4 Å². The van der Waals surface area contributed by atoms with Gasteiger partial charge in [-0.3, -0.25) is 9.10 Å². The summed E-state index contributed by atoms with van der Waals surface area (Å²) in [6.07, 6.45) is 1.61. The number of carbonyl (C=O) groups is 1. The summed E-state index contributed by atoms with van der Waals surface area (Å²) < 4.78 is 29.2. The minimum Gasteiger partial charge on any atom is -0.307 e. The summed E-state index contributed by atoms with van der Waals surface area (Å²) >= 11 is 0. The molecule has 174 valence electrons. The van der Waals surface area contributed by atoms with Crippen molar-refractivity contribution in [1.29, 1.82) is 0 Å². The molecule has 4 rings (SSSR count). The number of hydrogen-bond donors (Lipinski definition) is 1. The molecule has 0 fully saturated rings. The molecule has 0 saturated heterocycles. The molecule has 8 heteroatoms. The number of carbonyl (C=O) groups excluding carboxylic acids is 1. The third-order valence-electron chi connectivity index (χ3n) is 5.56. The van der Waals surface area contributed by atoms with E-state index in [1.165, 1.54) is 29.0 Å². The number of hydrogen-bond acceptors (Lipinski definition) is 4. The van der Waals surface area contributed by atoms with Gasteiger partial charge in [0.25, 0.3) is 15.9 Å². The van der Waals surface area contributed by atoms with Gasteiger partial charge in [-0.15, -0.1) is 0 Å². The molecule has 0 aliphatic carbocycles. The molecule has 0 saturated carbocycles. The van der Waals surface area contributed by atoms with E-state index in [4.69, 9.17) is 0 Å². The van der Waals surface area contributed by atoms with Crippen LogP contribution < -0.4 is 9.62 Å². The Balaban J connectivity index is 1.53. The average Bonchev–Trinajstić information content (AvgIpc) is 3.27. The number of rotatable bonds is 7. The van der Waals surface area contributed by atoms with E-state index in [9.17, 15) is 13.2 Å². The zero-order valence-electron chi connectivity index (χ0n) is 19.3. The third-order valence-corrected chi connectivity index (χ3v) is 7.34. The monoisotopic (exact) mass is 474 g/mol. The minimum absolute atomic E-state index is 0.0383. The standard InChI is InChI=1S/C26H26N4O3S/c1-19-7-11-21(12-8-19)18-30-25(15-16-27-30)28-26(31)22-5-4-6-24(17-22)34(32,33)29(3)23-13-9-20(2)10-14-23/h4-17H,18H2,1-3H3,(H,28,31). The molecule has 1 N–H and O–H groups in total. The molecule has 0 spiro atoms. The zero-order valence-corrected chi connectivity index (χ0v) is 20.1. The SMILES string of the molecule is Cc1ccc(Cn2nccc2NC(=O)c2cccc(S(=O)(=O)N(C)c3ccc(C)cc3)c2)cc1. The molecular formula is C26H26N4O3S. The number of sulfonamides is 1. The van der Waals surface area contributed by atoms with Crippen LogP contribution in [0.2, 0.25) is 0 Å². The van der Waals surface area contributed by atoms with Crippen LogP contribution in [0, 0.1) is 13.8 Å². The summed E-state index contributed by atoms with van der Waals surface area (Å²) in [5.41, 5.74) is 4.04. The van der Waals surface area contributed by atoms with Crippen LogP contribution in [0.1, 0.15) is 27.0 Å². The fourth-order valence-electron chi connectivity index (χ4n) is 3.47. The van der Waals surface area contributed by atoms with Gasteiger partial charge in [0.2, 0.25) is 0 Å². The van der Waals surface area contributed by atoms with E-state index < -0.39 is 15.9 Å². The van der Waals surface area contributed by atoms with Crippen molar-refractivity contribution < 1.29 is 13.2 Å². The number of benzene rings is 3.